The number of pyridine rings is 1. The zero-order valence-corrected chi connectivity index (χ0v) is 21.6. The Morgan fingerprint density at radius 1 is 0.946 bits per heavy atom. The number of hydrogen-bond donors (Lipinski definition) is 0. The first-order valence-corrected chi connectivity index (χ1v) is 13.7. The SMILES string of the molecule is CCOC(=O)/C=C/c1ccc(-c2ccc(OCc3cccc(C45CC6CC(CC(C6)C4)C5)c3)cc2)cn1. The van der Waals surface area contributed by atoms with Gasteiger partial charge in [0.05, 0.1) is 12.3 Å². The molecule has 190 valence electrons. The van der Waals surface area contributed by atoms with E-state index in [4.69, 9.17) is 9.47 Å². The Kier molecular flexibility index (Phi) is 6.58. The van der Waals surface area contributed by atoms with Crippen LogP contribution < -0.4 is 4.74 Å². The molecule has 0 amide bonds. The molecule has 4 heteroatoms. The van der Waals surface area contributed by atoms with Crippen molar-refractivity contribution in [3.8, 4) is 16.9 Å². The molecule has 7 rings (SSSR count). The van der Waals surface area contributed by atoms with Crippen molar-refractivity contribution in [2.75, 3.05) is 6.61 Å². The van der Waals surface area contributed by atoms with E-state index in [0.29, 0.717) is 24.3 Å². The van der Waals surface area contributed by atoms with E-state index >= 15 is 0 Å². The van der Waals surface area contributed by atoms with E-state index < -0.39 is 0 Å². The van der Waals surface area contributed by atoms with Crippen LogP contribution in [0.25, 0.3) is 17.2 Å². The summed E-state index contributed by atoms with van der Waals surface area (Å²) in [7, 11) is 0. The van der Waals surface area contributed by atoms with Crippen LogP contribution in [-0.2, 0) is 21.6 Å². The molecule has 2 aromatic carbocycles. The Morgan fingerprint density at radius 2 is 1.65 bits per heavy atom. The van der Waals surface area contributed by atoms with E-state index in [2.05, 4.69) is 41.4 Å². The van der Waals surface area contributed by atoms with Crippen molar-refractivity contribution in [1.82, 2.24) is 4.98 Å². The average Bonchev–Trinajstić information content (AvgIpc) is 2.91. The molecular formula is C33H35NO3. The molecule has 1 aromatic heterocycles. The van der Waals surface area contributed by atoms with Crippen LogP contribution in [0.4, 0.5) is 0 Å². The zero-order valence-electron chi connectivity index (χ0n) is 21.6. The Morgan fingerprint density at radius 3 is 2.30 bits per heavy atom. The number of carbonyl (C=O) groups excluding carboxylic acids is 1. The van der Waals surface area contributed by atoms with Crippen LogP contribution in [0.15, 0.2) is 72.9 Å². The number of aromatic nitrogens is 1. The standard InChI is InChI=1S/C33H35NO3/c1-2-36-32(35)13-10-30-9-6-28(21-34-30)27-7-11-31(12-8-27)37-22-23-4-3-5-29(17-23)33-18-24-14-25(19-33)16-26(15-24)20-33/h3-13,17,21,24-26H,2,14-16,18-20,22H2,1H3/b13-10+. The van der Waals surface area contributed by atoms with Gasteiger partial charge in [-0.1, -0.05) is 42.5 Å². The molecule has 4 aliphatic rings. The topological polar surface area (TPSA) is 48.4 Å². The van der Waals surface area contributed by atoms with Crippen LogP contribution >= 0.6 is 0 Å². The highest BCUT2D eigenvalue weighted by Gasteiger charge is 2.51. The van der Waals surface area contributed by atoms with Gasteiger partial charge in [-0.2, -0.15) is 0 Å². The first kappa shape index (κ1) is 24.0. The second kappa shape index (κ2) is 10.2. The third-order valence-electron chi connectivity index (χ3n) is 8.63. The highest BCUT2D eigenvalue weighted by Crippen LogP contribution is 2.60. The minimum Gasteiger partial charge on any atom is -0.489 e. The smallest absolute Gasteiger partial charge is 0.330 e. The lowest BCUT2D eigenvalue weighted by molar-refractivity contribution is -0.137. The van der Waals surface area contributed by atoms with Crippen molar-refractivity contribution >= 4 is 12.0 Å². The fourth-order valence-electron chi connectivity index (χ4n) is 7.38. The van der Waals surface area contributed by atoms with Crippen molar-refractivity contribution in [1.29, 1.82) is 0 Å². The van der Waals surface area contributed by atoms with Gasteiger partial charge in [0, 0.05) is 17.8 Å². The molecule has 3 aromatic rings. The number of ether oxygens (including phenoxy) is 2. The van der Waals surface area contributed by atoms with Crippen LogP contribution in [0.1, 0.15) is 62.3 Å². The van der Waals surface area contributed by atoms with Crippen molar-refractivity contribution in [2.24, 2.45) is 17.8 Å². The number of benzene rings is 2. The van der Waals surface area contributed by atoms with Crippen LogP contribution in [0, 0.1) is 17.8 Å². The maximum atomic E-state index is 11.5. The van der Waals surface area contributed by atoms with Crippen molar-refractivity contribution in [3.63, 3.8) is 0 Å². The molecule has 0 radical (unpaired) electrons. The maximum absolute atomic E-state index is 11.5. The summed E-state index contributed by atoms with van der Waals surface area (Å²) < 4.78 is 11.1. The number of nitrogens with zero attached hydrogens (tertiary/aromatic N) is 1. The van der Waals surface area contributed by atoms with E-state index in [0.717, 1.165) is 34.6 Å². The Balaban J connectivity index is 1.08. The summed E-state index contributed by atoms with van der Waals surface area (Å²) in [4.78, 5) is 15.9. The van der Waals surface area contributed by atoms with E-state index in [1.807, 2.05) is 30.5 Å². The maximum Gasteiger partial charge on any atom is 0.330 e. The third kappa shape index (κ3) is 5.20. The molecule has 0 aliphatic heterocycles. The Labute approximate surface area is 219 Å². The highest BCUT2D eigenvalue weighted by molar-refractivity contribution is 5.86. The summed E-state index contributed by atoms with van der Waals surface area (Å²) in [6, 6.07) is 21.3. The molecule has 4 saturated carbocycles. The molecule has 0 atom stereocenters. The number of rotatable bonds is 8. The largest absolute Gasteiger partial charge is 0.489 e. The van der Waals surface area contributed by atoms with Crippen LogP contribution in [0.5, 0.6) is 5.75 Å². The summed E-state index contributed by atoms with van der Waals surface area (Å²) in [6.45, 7) is 2.74. The van der Waals surface area contributed by atoms with Crippen LogP contribution in [-0.4, -0.2) is 17.6 Å². The first-order valence-electron chi connectivity index (χ1n) is 13.7. The quantitative estimate of drug-likeness (QED) is 0.243. The molecule has 0 spiro atoms. The Hall–Kier alpha value is -3.40. The van der Waals surface area contributed by atoms with Gasteiger partial charge in [0.25, 0.3) is 0 Å². The number of esters is 1. The van der Waals surface area contributed by atoms with Gasteiger partial charge in [-0.15, -0.1) is 0 Å². The van der Waals surface area contributed by atoms with Gasteiger partial charge in [0.2, 0.25) is 0 Å². The van der Waals surface area contributed by atoms with E-state index in [1.165, 1.54) is 50.2 Å². The lowest BCUT2D eigenvalue weighted by atomic mass is 9.48. The van der Waals surface area contributed by atoms with Gasteiger partial charge >= 0.3 is 5.97 Å². The monoisotopic (exact) mass is 493 g/mol. The summed E-state index contributed by atoms with van der Waals surface area (Å²) in [5, 5.41) is 0. The lowest BCUT2D eigenvalue weighted by Crippen LogP contribution is -2.48. The minimum absolute atomic E-state index is 0.358. The van der Waals surface area contributed by atoms with Crippen molar-refractivity contribution in [3.05, 3.63) is 89.8 Å². The molecular weight excluding hydrogens is 458 g/mol. The summed E-state index contributed by atoms with van der Waals surface area (Å²) in [5.74, 6) is 3.38. The number of hydrogen-bond acceptors (Lipinski definition) is 4. The zero-order chi connectivity index (χ0) is 25.2. The minimum atomic E-state index is -0.358. The summed E-state index contributed by atoms with van der Waals surface area (Å²) in [5.41, 5.74) is 6.04. The van der Waals surface area contributed by atoms with E-state index in [-0.39, 0.29) is 5.97 Å². The van der Waals surface area contributed by atoms with Crippen LogP contribution in [0.2, 0.25) is 0 Å². The molecule has 0 unspecified atom stereocenters. The van der Waals surface area contributed by atoms with E-state index in [9.17, 15) is 4.79 Å². The highest BCUT2D eigenvalue weighted by atomic mass is 16.5. The molecule has 4 nitrogen and oxygen atoms in total. The molecule has 4 aliphatic carbocycles. The van der Waals surface area contributed by atoms with Gasteiger partial charge in [0.1, 0.15) is 12.4 Å². The first-order chi connectivity index (χ1) is 18.1. The Bertz CT molecular complexity index is 1240. The molecule has 1 heterocycles. The summed E-state index contributed by atoms with van der Waals surface area (Å²) in [6.07, 6.45) is 13.5. The molecule has 4 bridgehead atoms. The average molecular weight is 494 g/mol. The molecule has 0 N–H and O–H groups in total. The predicted octanol–water partition coefficient (Wildman–Crippen LogP) is 7.37. The number of carbonyl (C=O) groups is 1. The van der Waals surface area contributed by atoms with Gasteiger partial charge in [-0.25, -0.2) is 4.79 Å². The van der Waals surface area contributed by atoms with Crippen molar-refractivity contribution in [2.45, 2.75) is 57.5 Å². The second-order valence-electron chi connectivity index (χ2n) is 11.3. The predicted molar refractivity (Wildman–Crippen MR) is 146 cm³/mol. The van der Waals surface area contributed by atoms with Crippen molar-refractivity contribution < 1.29 is 14.3 Å². The fraction of sp³-hybridized carbons (Fsp3) is 0.394. The fourth-order valence-corrected chi connectivity index (χ4v) is 7.38. The normalized spacial score (nSPS) is 25.9. The second-order valence-corrected chi connectivity index (χ2v) is 11.3. The van der Waals surface area contributed by atoms with Gasteiger partial charge < -0.3 is 9.47 Å². The molecule has 37 heavy (non-hydrogen) atoms. The van der Waals surface area contributed by atoms with Crippen LogP contribution in [0.3, 0.4) is 0 Å². The third-order valence-corrected chi connectivity index (χ3v) is 8.63. The molecule has 4 fully saturated rings. The van der Waals surface area contributed by atoms with E-state index in [1.54, 1.807) is 18.6 Å². The summed E-state index contributed by atoms with van der Waals surface area (Å²) >= 11 is 0. The lowest BCUT2D eigenvalue weighted by Gasteiger charge is -2.57. The van der Waals surface area contributed by atoms with Gasteiger partial charge in [-0.3, -0.25) is 4.98 Å². The molecule has 0 saturated heterocycles. The van der Waals surface area contributed by atoms with Gasteiger partial charge in [-0.05, 0) is 110 Å². The van der Waals surface area contributed by atoms with Gasteiger partial charge in [0.15, 0.2) is 0 Å².